The van der Waals surface area contributed by atoms with E-state index >= 15 is 0 Å². The lowest BCUT2D eigenvalue weighted by Crippen LogP contribution is -2.45. The van der Waals surface area contributed by atoms with Gasteiger partial charge in [0.1, 0.15) is 0 Å². The Morgan fingerprint density at radius 2 is 1.76 bits per heavy atom. The minimum absolute atomic E-state index is 0.0831. The van der Waals surface area contributed by atoms with Gasteiger partial charge in [0, 0.05) is 24.3 Å². The molecule has 2 aromatic carbocycles. The summed E-state index contributed by atoms with van der Waals surface area (Å²) in [6, 6.07) is 16.5. The highest BCUT2D eigenvalue weighted by Crippen LogP contribution is 2.32. The van der Waals surface area contributed by atoms with Gasteiger partial charge in [-0.1, -0.05) is 42.5 Å². The van der Waals surface area contributed by atoms with Crippen LogP contribution in [0.15, 0.2) is 48.5 Å². The molecule has 0 saturated carbocycles. The quantitative estimate of drug-likeness (QED) is 0.413. The molecule has 29 heavy (non-hydrogen) atoms. The molecule has 2 aromatic rings. The van der Waals surface area contributed by atoms with Crippen molar-refractivity contribution < 1.29 is 4.74 Å². The average Bonchev–Trinajstić information content (AvgIpc) is 2.74. The molecule has 0 spiro atoms. The predicted molar refractivity (Wildman–Crippen MR) is 116 cm³/mol. The van der Waals surface area contributed by atoms with Crippen molar-refractivity contribution in [1.29, 1.82) is 5.41 Å². The molecule has 6 heteroatoms. The summed E-state index contributed by atoms with van der Waals surface area (Å²) in [5.41, 5.74) is 16.5. The van der Waals surface area contributed by atoms with E-state index in [0.29, 0.717) is 12.5 Å². The van der Waals surface area contributed by atoms with Crippen molar-refractivity contribution in [3.63, 3.8) is 0 Å². The minimum atomic E-state index is -0.250. The van der Waals surface area contributed by atoms with E-state index in [-0.39, 0.29) is 12.2 Å². The monoisotopic (exact) mass is 393 g/mol. The zero-order chi connectivity index (χ0) is 20.2. The number of fused-ring (bicyclic) bond motifs is 1. The molecule has 1 saturated heterocycles. The number of nitrogens with zero attached hydrogens (tertiary/aromatic N) is 2. The molecule has 1 unspecified atom stereocenters. The van der Waals surface area contributed by atoms with Crippen molar-refractivity contribution in [2.75, 3.05) is 32.0 Å². The summed E-state index contributed by atoms with van der Waals surface area (Å²) in [6.07, 6.45) is 2.87. The molecular formula is C23H31N5O. The number of nitrogens with one attached hydrogen (secondary N) is 1. The second-order valence-electron chi connectivity index (χ2n) is 8.13. The molecule has 2 aliphatic heterocycles. The van der Waals surface area contributed by atoms with Gasteiger partial charge in [0.05, 0.1) is 6.61 Å². The first kappa shape index (κ1) is 19.7. The molecule has 5 N–H and O–H groups in total. The fourth-order valence-corrected chi connectivity index (χ4v) is 4.41. The first-order chi connectivity index (χ1) is 14.1. The van der Waals surface area contributed by atoms with Crippen molar-refractivity contribution >= 4 is 11.6 Å². The maximum absolute atomic E-state index is 7.94. The van der Waals surface area contributed by atoms with Gasteiger partial charge in [-0.2, -0.15) is 0 Å². The van der Waals surface area contributed by atoms with Gasteiger partial charge in [-0.15, -0.1) is 0 Å². The van der Waals surface area contributed by atoms with Crippen LogP contribution in [0.2, 0.25) is 0 Å². The molecule has 154 valence electrons. The van der Waals surface area contributed by atoms with Crippen molar-refractivity contribution in [1.82, 2.24) is 9.80 Å². The Morgan fingerprint density at radius 3 is 2.52 bits per heavy atom. The number of nitrogen functional groups attached to an aromatic ring is 1. The first-order valence-electron chi connectivity index (χ1n) is 10.5. The topological polar surface area (TPSA) is 91.6 Å². The van der Waals surface area contributed by atoms with E-state index in [9.17, 15) is 0 Å². The van der Waals surface area contributed by atoms with Gasteiger partial charge in [0.2, 0.25) is 0 Å². The highest BCUT2D eigenvalue weighted by molar-refractivity contribution is 5.75. The molecule has 0 aromatic heterocycles. The number of hydrogen-bond donors (Lipinski definition) is 3. The summed E-state index contributed by atoms with van der Waals surface area (Å²) in [7, 11) is 0. The average molecular weight is 394 g/mol. The van der Waals surface area contributed by atoms with Gasteiger partial charge in [-0.3, -0.25) is 10.3 Å². The molecule has 2 aliphatic rings. The second kappa shape index (κ2) is 8.84. The summed E-state index contributed by atoms with van der Waals surface area (Å²) in [5.74, 6) is 0.613. The predicted octanol–water partition coefficient (Wildman–Crippen LogP) is 2.95. The fourth-order valence-electron chi connectivity index (χ4n) is 4.41. The molecule has 1 atom stereocenters. The number of benzene rings is 2. The van der Waals surface area contributed by atoms with Gasteiger partial charge in [-0.25, -0.2) is 0 Å². The summed E-state index contributed by atoms with van der Waals surface area (Å²) >= 11 is 0. The molecule has 4 rings (SSSR count). The maximum Gasteiger partial charge on any atom is 0.190 e. The number of hydrogen-bond acceptors (Lipinski definition) is 4. The smallest absolute Gasteiger partial charge is 0.190 e. The normalized spacial score (nSPS) is 20.4. The van der Waals surface area contributed by atoms with Crippen LogP contribution >= 0.6 is 0 Å². The SMILES string of the molecule is N=C(N)N1CCc2ccccc2C1OCC1CCN(Cc2ccccc2N)CC1. The molecule has 1 fully saturated rings. The van der Waals surface area contributed by atoms with Crippen molar-refractivity contribution in [3.8, 4) is 0 Å². The van der Waals surface area contributed by atoms with Gasteiger partial charge in [0.25, 0.3) is 0 Å². The van der Waals surface area contributed by atoms with E-state index in [1.165, 1.54) is 11.1 Å². The van der Waals surface area contributed by atoms with Crippen LogP contribution in [0.3, 0.4) is 0 Å². The highest BCUT2D eigenvalue weighted by atomic mass is 16.5. The Labute approximate surface area is 172 Å². The lowest BCUT2D eigenvalue weighted by molar-refractivity contribution is -0.0577. The number of para-hydroxylation sites is 1. The Bertz CT molecular complexity index is 847. The summed E-state index contributed by atoms with van der Waals surface area (Å²) in [4.78, 5) is 4.34. The maximum atomic E-state index is 7.94. The lowest BCUT2D eigenvalue weighted by Gasteiger charge is -2.39. The van der Waals surface area contributed by atoms with Crippen LogP contribution in [0.5, 0.6) is 0 Å². The number of rotatable bonds is 5. The van der Waals surface area contributed by atoms with Crippen LogP contribution in [-0.4, -0.2) is 42.0 Å². The molecule has 0 bridgehead atoms. The minimum Gasteiger partial charge on any atom is -0.398 e. The van der Waals surface area contributed by atoms with Gasteiger partial charge in [-0.05, 0) is 55.5 Å². The summed E-state index contributed by atoms with van der Waals surface area (Å²) in [6.45, 7) is 4.45. The third-order valence-corrected chi connectivity index (χ3v) is 6.18. The Morgan fingerprint density at radius 1 is 1.03 bits per heavy atom. The van der Waals surface area contributed by atoms with E-state index in [4.69, 9.17) is 21.6 Å². The summed E-state index contributed by atoms with van der Waals surface area (Å²) in [5, 5.41) is 7.94. The fraction of sp³-hybridized carbons (Fsp3) is 0.435. The van der Waals surface area contributed by atoms with Crippen LogP contribution in [-0.2, 0) is 17.7 Å². The number of likely N-dealkylation sites (tertiary alicyclic amines) is 1. The lowest BCUT2D eigenvalue weighted by atomic mass is 9.96. The Balaban J connectivity index is 1.33. The highest BCUT2D eigenvalue weighted by Gasteiger charge is 2.30. The molecule has 0 aliphatic carbocycles. The van der Waals surface area contributed by atoms with E-state index in [2.05, 4.69) is 35.2 Å². The van der Waals surface area contributed by atoms with Crippen LogP contribution in [0.25, 0.3) is 0 Å². The largest absolute Gasteiger partial charge is 0.398 e. The first-order valence-corrected chi connectivity index (χ1v) is 10.5. The van der Waals surface area contributed by atoms with E-state index < -0.39 is 0 Å². The number of nitrogens with two attached hydrogens (primary N) is 2. The standard InChI is InChI=1S/C23H31N5O/c24-21-8-4-2-6-19(21)15-27-12-9-17(10-13-27)16-29-22-20-7-3-1-5-18(20)11-14-28(22)23(25)26/h1-8,17,22H,9-16,24H2,(H3,25,26). The zero-order valence-electron chi connectivity index (χ0n) is 16.9. The second-order valence-corrected chi connectivity index (χ2v) is 8.13. The molecule has 6 nitrogen and oxygen atoms in total. The molecule has 0 radical (unpaired) electrons. The van der Waals surface area contributed by atoms with Gasteiger partial charge in [0.15, 0.2) is 12.2 Å². The molecule has 2 heterocycles. The van der Waals surface area contributed by atoms with Crippen molar-refractivity contribution in [2.45, 2.75) is 32.0 Å². The Kier molecular flexibility index (Phi) is 6.02. The summed E-state index contributed by atoms with van der Waals surface area (Å²) < 4.78 is 6.36. The number of ether oxygens (including phenoxy) is 1. The molecule has 0 amide bonds. The van der Waals surface area contributed by atoms with E-state index in [1.807, 2.05) is 23.1 Å². The van der Waals surface area contributed by atoms with E-state index in [0.717, 1.165) is 56.7 Å². The van der Waals surface area contributed by atoms with Gasteiger partial charge >= 0.3 is 0 Å². The van der Waals surface area contributed by atoms with Crippen molar-refractivity contribution in [2.24, 2.45) is 11.7 Å². The third kappa shape index (κ3) is 4.54. The van der Waals surface area contributed by atoms with E-state index in [1.54, 1.807) is 0 Å². The van der Waals surface area contributed by atoms with Crippen LogP contribution in [0.4, 0.5) is 5.69 Å². The van der Waals surface area contributed by atoms with Crippen LogP contribution in [0, 0.1) is 11.3 Å². The van der Waals surface area contributed by atoms with Crippen molar-refractivity contribution in [3.05, 3.63) is 65.2 Å². The molecular weight excluding hydrogens is 362 g/mol. The van der Waals surface area contributed by atoms with Gasteiger partial charge < -0.3 is 21.1 Å². The third-order valence-electron chi connectivity index (χ3n) is 6.18. The zero-order valence-corrected chi connectivity index (χ0v) is 16.9. The number of guanidine groups is 1. The van der Waals surface area contributed by atoms with Crippen LogP contribution in [0.1, 0.15) is 35.8 Å². The van der Waals surface area contributed by atoms with Crippen LogP contribution < -0.4 is 11.5 Å². The number of piperidine rings is 1. The Hall–Kier alpha value is -2.57. The number of anilines is 1.